The molecule has 0 fully saturated rings. The fourth-order valence-corrected chi connectivity index (χ4v) is 1.60. The van der Waals surface area contributed by atoms with Crippen LogP contribution in [0, 0.1) is 12.8 Å². The van der Waals surface area contributed by atoms with Gasteiger partial charge in [-0.15, -0.1) is 0 Å². The zero-order valence-electron chi connectivity index (χ0n) is 11.7. The lowest BCUT2D eigenvalue weighted by molar-refractivity contribution is 0.885. The molecule has 2 nitrogen and oxygen atoms in total. The first kappa shape index (κ1) is 14.2. The van der Waals surface area contributed by atoms with Gasteiger partial charge in [0.15, 0.2) is 0 Å². The highest BCUT2D eigenvalue weighted by molar-refractivity contribution is 5.98. The highest BCUT2D eigenvalue weighted by Crippen LogP contribution is 2.16. The summed E-state index contributed by atoms with van der Waals surface area (Å²) in [6, 6.07) is 8.23. The normalized spacial score (nSPS) is 12.7. The standard InChI is InChI=1S/C16H22N2/c1-6-17-14(5)11-16(12(2)3)18-15-9-7-8-13(4)10-15/h6-12,17H,1H2,2-5H3/b14-11+,18-16+. The number of aryl methyl sites for hydroxylation is 1. The summed E-state index contributed by atoms with van der Waals surface area (Å²) < 4.78 is 0. The third-order valence-corrected chi connectivity index (χ3v) is 2.55. The third kappa shape index (κ3) is 4.58. The smallest absolute Gasteiger partial charge is 0.0635 e. The lowest BCUT2D eigenvalue weighted by Gasteiger charge is -2.08. The molecule has 0 saturated carbocycles. The number of benzene rings is 1. The first-order valence-electron chi connectivity index (χ1n) is 6.24. The van der Waals surface area contributed by atoms with Crippen molar-refractivity contribution in [3.05, 3.63) is 54.4 Å². The molecule has 0 unspecified atom stereocenters. The predicted octanol–water partition coefficient (Wildman–Crippen LogP) is 4.36. The van der Waals surface area contributed by atoms with Crippen molar-refractivity contribution in [3.8, 4) is 0 Å². The molecule has 0 heterocycles. The van der Waals surface area contributed by atoms with Crippen LogP contribution in [0.4, 0.5) is 5.69 Å². The Kier molecular flexibility index (Phi) is 5.37. The van der Waals surface area contributed by atoms with Crippen LogP contribution in [-0.4, -0.2) is 5.71 Å². The zero-order chi connectivity index (χ0) is 13.5. The van der Waals surface area contributed by atoms with Crippen LogP contribution in [0.1, 0.15) is 26.3 Å². The maximum atomic E-state index is 4.71. The molecule has 0 atom stereocenters. The quantitative estimate of drug-likeness (QED) is 0.762. The number of nitrogens with zero attached hydrogens (tertiary/aromatic N) is 1. The van der Waals surface area contributed by atoms with Gasteiger partial charge in [0.25, 0.3) is 0 Å². The minimum atomic E-state index is 0.382. The van der Waals surface area contributed by atoms with Gasteiger partial charge in [0.1, 0.15) is 0 Å². The predicted molar refractivity (Wildman–Crippen MR) is 80.2 cm³/mol. The van der Waals surface area contributed by atoms with E-state index in [0.29, 0.717) is 5.92 Å². The summed E-state index contributed by atoms with van der Waals surface area (Å²) in [7, 11) is 0. The van der Waals surface area contributed by atoms with E-state index >= 15 is 0 Å². The van der Waals surface area contributed by atoms with Crippen LogP contribution in [0.5, 0.6) is 0 Å². The van der Waals surface area contributed by atoms with Gasteiger partial charge in [-0.25, -0.2) is 0 Å². The second-order valence-corrected chi connectivity index (χ2v) is 4.71. The Morgan fingerprint density at radius 3 is 2.67 bits per heavy atom. The lowest BCUT2D eigenvalue weighted by Crippen LogP contribution is -2.09. The summed E-state index contributed by atoms with van der Waals surface area (Å²) in [4.78, 5) is 4.71. The minimum Gasteiger partial charge on any atom is -0.366 e. The molecule has 0 saturated heterocycles. The van der Waals surface area contributed by atoms with Gasteiger partial charge in [0.05, 0.1) is 5.69 Å². The SMILES string of the molecule is C=CN/C(C)=C/C(=N\c1cccc(C)c1)C(C)C. The van der Waals surface area contributed by atoms with E-state index in [1.54, 1.807) is 6.20 Å². The Hall–Kier alpha value is -1.83. The van der Waals surface area contributed by atoms with Gasteiger partial charge in [-0.3, -0.25) is 4.99 Å². The number of hydrogen-bond donors (Lipinski definition) is 1. The molecule has 1 aromatic carbocycles. The molecule has 0 aliphatic carbocycles. The van der Waals surface area contributed by atoms with Crippen molar-refractivity contribution in [2.24, 2.45) is 10.9 Å². The molecule has 96 valence electrons. The minimum absolute atomic E-state index is 0.382. The van der Waals surface area contributed by atoms with E-state index in [4.69, 9.17) is 4.99 Å². The molecule has 0 aliphatic rings. The van der Waals surface area contributed by atoms with Gasteiger partial charge in [0, 0.05) is 11.4 Å². The van der Waals surface area contributed by atoms with E-state index < -0.39 is 0 Å². The summed E-state index contributed by atoms with van der Waals surface area (Å²) in [5, 5.41) is 3.07. The van der Waals surface area contributed by atoms with Crippen molar-refractivity contribution >= 4 is 11.4 Å². The van der Waals surface area contributed by atoms with Gasteiger partial charge >= 0.3 is 0 Å². The Balaban J connectivity index is 3.05. The van der Waals surface area contributed by atoms with E-state index in [1.807, 2.05) is 19.1 Å². The highest BCUT2D eigenvalue weighted by Gasteiger charge is 2.03. The molecule has 2 heteroatoms. The fraction of sp³-hybridized carbons (Fsp3) is 0.312. The van der Waals surface area contributed by atoms with Gasteiger partial charge in [-0.2, -0.15) is 0 Å². The van der Waals surface area contributed by atoms with Crippen molar-refractivity contribution in [2.75, 3.05) is 0 Å². The molecule has 1 rings (SSSR count). The van der Waals surface area contributed by atoms with Gasteiger partial charge in [-0.05, 0) is 49.7 Å². The summed E-state index contributed by atoms with van der Waals surface area (Å²) in [6.45, 7) is 12.0. The topological polar surface area (TPSA) is 24.4 Å². The molecule has 0 radical (unpaired) electrons. The average molecular weight is 242 g/mol. The molecule has 18 heavy (non-hydrogen) atoms. The molecule has 0 aromatic heterocycles. The van der Waals surface area contributed by atoms with Crippen LogP contribution >= 0.6 is 0 Å². The summed E-state index contributed by atoms with van der Waals surface area (Å²) in [5.74, 6) is 0.382. The van der Waals surface area contributed by atoms with Crippen molar-refractivity contribution in [1.82, 2.24) is 5.32 Å². The summed E-state index contributed by atoms with van der Waals surface area (Å²) in [6.07, 6.45) is 3.74. The van der Waals surface area contributed by atoms with Crippen molar-refractivity contribution in [2.45, 2.75) is 27.7 Å². The maximum Gasteiger partial charge on any atom is 0.0635 e. The lowest BCUT2D eigenvalue weighted by atomic mass is 10.1. The second kappa shape index (κ2) is 6.80. The number of allylic oxidation sites excluding steroid dienone is 2. The fourth-order valence-electron chi connectivity index (χ4n) is 1.60. The summed E-state index contributed by atoms with van der Waals surface area (Å²) in [5.41, 5.74) is 4.34. The first-order chi connectivity index (χ1) is 8.52. The van der Waals surface area contributed by atoms with E-state index in [9.17, 15) is 0 Å². The molecule has 1 N–H and O–H groups in total. The number of aliphatic imine (C=N–C) groups is 1. The van der Waals surface area contributed by atoms with Crippen LogP contribution in [0.25, 0.3) is 0 Å². The van der Waals surface area contributed by atoms with Gasteiger partial charge in [0.2, 0.25) is 0 Å². The molecular weight excluding hydrogens is 220 g/mol. The Morgan fingerprint density at radius 1 is 1.39 bits per heavy atom. The molecule has 0 aliphatic heterocycles. The maximum absolute atomic E-state index is 4.71. The van der Waals surface area contributed by atoms with E-state index in [-0.39, 0.29) is 0 Å². The van der Waals surface area contributed by atoms with E-state index in [2.05, 4.69) is 50.9 Å². The number of rotatable bonds is 5. The van der Waals surface area contributed by atoms with Gasteiger partial charge < -0.3 is 5.32 Å². The average Bonchev–Trinajstić information content (AvgIpc) is 2.28. The van der Waals surface area contributed by atoms with E-state index in [0.717, 1.165) is 17.1 Å². The van der Waals surface area contributed by atoms with Crippen molar-refractivity contribution in [3.63, 3.8) is 0 Å². The molecule has 0 bridgehead atoms. The zero-order valence-corrected chi connectivity index (χ0v) is 11.7. The third-order valence-electron chi connectivity index (χ3n) is 2.55. The molecule has 1 aromatic rings. The molecule has 0 amide bonds. The Labute approximate surface area is 110 Å². The van der Waals surface area contributed by atoms with Crippen LogP contribution in [-0.2, 0) is 0 Å². The van der Waals surface area contributed by atoms with Crippen LogP contribution in [0.2, 0.25) is 0 Å². The summed E-state index contributed by atoms with van der Waals surface area (Å²) >= 11 is 0. The first-order valence-corrected chi connectivity index (χ1v) is 6.24. The Morgan fingerprint density at radius 2 is 2.11 bits per heavy atom. The van der Waals surface area contributed by atoms with Crippen LogP contribution in [0.15, 0.2) is 53.8 Å². The Bertz CT molecular complexity index is 468. The number of hydrogen-bond acceptors (Lipinski definition) is 2. The van der Waals surface area contributed by atoms with Crippen LogP contribution < -0.4 is 5.32 Å². The molecular formula is C16H22N2. The van der Waals surface area contributed by atoms with Crippen LogP contribution in [0.3, 0.4) is 0 Å². The van der Waals surface area contributed by atoms with Crippen molar-refractivity contribution in [1.29, 1.82) is 0 Å². The monoisotopic (exact) mass is 242 g/mol. The largest absolute Gasteiger partial charge is 0.366 e. The highest BCUT2D eigenvalue weighted by atomic mass is 14.8. The van der Waals surface area contributed by atoms with E-state index in [1.165, 1.54) is 5.56 Å². The second-order valence-electron chi connectivity index (χ2n) is 4.71. The molecule has 0 spiro atoms. The number of nitrogens with one attached hydrogen (secondary N) is 1. The van der Waals surface area contributed by atoms with Gasteiger partial charge in [-0.1, -0.05) is 32.6 Å². The van der Waals surface area contributed by atoms with Crippen molar-refractivity contribution < 1.29 is 0 Å².